The first-order chi connectivity index (χ1) is 29.0. The smallest absolute Gasteiger partial charge is 0.386 e. The number of amides is 5. The lowest BCUT2D eigenvalue weighted by molar-refractivity contribution is -0.141. The molecule has 4 N–H and O–H groups in total. The van der Waals surface area contributed by atoms with E-state index < -0.39 is 53.0 Å². The maximum atomic E-state index is 13.4. The van der Waals surface area contributed by atoms with Gasteiger partial charge in [0.2, 0.25) is 11.8 Å². The van der Waals surface area contributed by atoms with Crippen LogP contribution < -0.4 is 16.0 Å². The maximum absolute atomic E-state index is 13.4. The zero-order chi connectivity index (χ0) is 43.2. The van der Waals surface area contributed by atoms with E-state index in [0.717, 1.165) is 91.3 Å². The maximum Gasteiger partial charge on any atom is 0.433 e. The summed E-state index contributed by atoms with van der Waals surface area (Å²) in [6, 6.07) is 10.7. The van der Waals surface area contributed by atoms with Crippen molar-refractivity contribution in [2.24, 2.45) is 11.8 Å². The van der Waals surface area contributed by atoms with Gasteiger partial charge in [0.25, 0.3) is 17.7 Å². The molecule has 5 amide bonds. The van der Waals surface area contributed by atoms with E-state index in [-0.39, 0.29) is 41.3 Å². The highest BCUT2D eigenvalue weighted by Crippen LogP contribution is 2.42. The van der Waals surface area contributed by atoms with E-state index in [4.69, 9.17) is 4.98 Å². The monoisotopic (exact) mass is 859 g/mol. The molecule has 4 aliphatic rings. The van der Waals surface area contributed by atoms with Gasteiger partial charge in [-0.3, -0.25) is 34.2 Å². The summed E-state index contributed by atoms with van der Waals surface area (Å²) >= 11 is 1.54. The first kappa shape index (κ1) is 42.4. The molecule has 0 spiro atoms. The van der Waals surface area contributed by atoms with Crippen LogP contribution in [0.2, 0.25) is 0 Å². The Morgan fingerprint density at radius 1 is 0.902 bits per heavy atom. The first-order valence-electron chi connectivity index (χ1n) is 20.9. The van der Waals surface area contributed by atoms with Crippen LogP contribution in [0.3, 0.4) is 0 Å². The third kappa shape index (κ3) is 9.05. The second kappa shape index (κ2) is 16.9. The van der Waals surface area contributed by atoms with Gasteiger partial charge in [-0.25, -0.2) is 9.97 Å². The molecule has 322 valence electrons. The van der Waals surface area contributed by atoms with Crippen LogP contribution in [0.4, 0.5) is 24.5 Å². The van der Waals surface area contributed by atoms with Crippen LogP contribution in [-0.4, -0.2) is 86.6 Å². The molecule has 1 atom stereocenters. The molecule has 2 saturated heterocycles. The molecule has 4 aromatic rings. The van der Waals surface area contributed by atoms with Gasteiger partial charge in [0.1, 0.15) is 17.4 Å². The lowest BCUT2D eigenvalue weighted by Crippen LogP contribution is -2.54. The summed E-state index contributed by atoms with van der Waals surface area (Å²) in [5.74, 6) is -1.50. The van der Waals surface area contributed by atoms with E-state index in [1.165, 1.54) is 17.4 Å². The Hall–Kier alpha value is -5.26. The Bertz CT molecular complexity index is 2380. The highest BCUT2D eigenvalue weighted by Gasteiger charge is 2.45. The molecule has 0 unspecified atom stereocenters. The molecule has 5 heterocycles. The number of imide groups is 2. The van der Waals surface area contributed by atoms with Crippen LogP contribution >= 0.6 is 11.3 Å². The Kier molecular flexibility index (Phi) is 11.8. The number of rotatable bonds is 11. The van der Waals surface area contributed by atoms with Crippen molar-refractivity contribution in [3.63, 3.8) is 0 Å². The molecule has 61 heavy (non-hydrogen) atoms. The zero-order valence-corrected chi connectivity index (χ0v) is 34.8. The number of likely N-dealkylation sites (tertiary alicyclic amines) is 1. The summed E-state index contributed by atoms with van der Waals surface area (Å²) in [6.45, 7) is 6.88. The fourth-order valence-corrected chi connectivity index (χ4v) is 10.3. The lowest BCUT2D eigenvalue weighted by Gasteiger charge is -2.36. The van der Waals surface area contributed by atoms with Crippen molar-refractivity contribution in [1.82, 2.24) is 25.1 Å². The predicted octanol–water partition coefficient (Wildman–Crippen LogP) is 7.08. The molecule has 8 rings (SSSR count). The molecule has 3 aliphatic heterocycles. The SMILES string of the molecule is CC(C)(O)c1cc2nc(C3CCC(CN4CCC(CCNc5cccc6c5C(=O)N([C@@H]5CCC(=O)NC5=O)C6=O)CC4)CC3)sc2cc1NC(=O)c1cccc(C(F)(F)F)n1. The van der Waals surface area contributed by atoms with Gasteiger partial charge in [-0.1, -0.05) is 12.1 Å². The fraction of sp³-hybridized carbons (Fsp3) is 0.477. The number of nitrogens with zero attached hydrogens (tertiary/aromatic N) is 4. The molecule has 2 aromatic carbocycles. The van der Waals surface area contributed by atoms with E-state index in [9.17, 15) is 42.3 Å². The molecular weight excluding hydrogens is 812 g/mol. The summed E-state index contributed by atoms with van der Waals surface area (Å²) in [5, 5.41) is 20.3. The molecule has 1 aliphatic carbocycles. The number of benzene rings is 2. The number of aliphatic hydroxyl groups is 1. The highest BCUT2D eigenvalue weighted by molar-refractivity contribution is 7.18. The van der Waals surface area contributed by atoms with E-state index in [0.29, 0.717) is 35.1 Å². The molecule has 17 heteroatoms. The van der Waals surface area contributed by atoms with Crippen LogP contribution in [0.1, 0.15) is 125 Å². The van der Waals surface area contributed by atoms with Crippen LogP contribution in [0.25, 0.3) is 10.2 Å². The van der Waals surface area contributed by atoms with Crippen molar-refractivity contribution in [3.05, 3.63) is 81.6 Å². The van der Waals surface area contributed by atoms with E-state index in [1.807, 2.05) is 0 Å². The summed E-state index contributed by atoms with van der Waals surface area (Å²) in [5.41, 5.74) is -0.423. The second-order valence-corrected chi connectivity index (χ2v) is 18.3. The Morgan fingerprint density at radius 3 is 2.34 bits per heavy atom. The quantitative estimate of drug-likeness (QED) is 0.114. The molecule has 2 aromatic heterocycles. The number of piperidine rings is 2. The van der Waals surface area contributed by atoms with Crippen LogP contribution in [0, 0.1) is 11.8 Å². The Balaban J connectivity index is 0.811. The van der Waals surface area contributed by atoms with E-state index in [2.05, 4.69) is 25.8 Å². The van der Waals surface area contributed by atoms with Gasteiger partial charge in [-0.15, -0.1) is 11.3 Å². The molecule has 1 saturated carbocycles. The van der Waals surface area contributed by atoms with E-state index >= 15 is 0 Å². The highest BCUT2D eigenvalue weighted by atomic mass is 32.1. The fourth-order valence-electron chi connectivity index (χ4n) is 9.17. The molecule has 0 bridgehead atoms. The van der Waals surface area contributed by atoms with Crippen molar-refractivity contribution in [2.45, 2.75) is 95.4 Å². The number of carbonyl (C=O) groups excluding carboxylic acids is 5. The number of aromatic nitrogens is 2. The second-order valence-electron chi connectivity index (χ2n) is 17.2. The minimum absolute atomic E-state index is 0.0709. The lowest BCUT2D eigenvalue weighted by atomic mass is 9.81. The predicted molar refractivity (Wildman–Crippen MR) is 222 cm³/mol. The average Bonchev–Trinajstić information content (AvgIpc) is 3.75. The van der Waals surface area contributed by atoms with Crippen molar-refractivity contribution in [2.75, 3.05) is 36.8 Å². The van der Waals surface area contributed by atoms with Crippen molar-refractivity contribution < 1.29 is 42.3 Å². The Labute approximate surface area is 354 Å². The standard InChI is InChI=1S/C44H48F3N7O6S/c1-43(2,60)28-21-32-34(22-31(28)50-38(56)30-7-4-8-35(49-30)44(45,46)47)61-40(51-32)26-11-9-25(10-12-26)23-53-19-16-24(17-20-53)15-18-48-29-6-3-5-27-37(29)42(59)54(41(27)58)33-13-14-36(55)52-39(33)57/h3-8,21-22,24-26,33,48,60H,9-20,23H2,1-2H3,(H,50,56)(H,52,55,57)/t25?,26?,33-/m1/s1. The van der Waals surface area contributed by atoms with Crippen LogP contribution in [0.5, 0.6) is 0 Å². The van der Waals surface area contributed by atoms with Gasteiger partial charge in [-0.05, 0) is 127 Å². The van der Waals surface area contributed by atoms with Gasteiger partial charge in [-0.2, -0.15) is 13.2 Å². The number of alkyl halides is 3. The third-order valence-electron chi connectivity index (χ3n) is 12.5. The normalized spacial score (nSPS) is 21.8. The van der Waals surface area contributed by atoms with Gasteiger partial charge in [0.15, 0.2) is 0 Å². The van der Waals surface area contributed by atoms with Crippen LogP contribution in [-0.2, 0) is 21.4 Å². The van der Waals surface area contributed by atoms with Gasteiger partial charge in [0, 0.05) is 42.4 Å². The molecule has 13 nitrogen and oxygen atoms in total. The molecular formula is C44H48F3N7O6S. The number of hydrogen-bond acceptors (Lipinski definition) is 11. The third-order valence-corrected chi connectivity index (χ3v) is 13.7. The number of hydrogen-bond donors (Lipinski definition) is 4. The van der Waals surface area contributed by atoms with Gasteiger partial charge in [0.05, 0.1) is 32.0 Å². The number of halogens is 3. The summed E-state index contributed by atoms with van der Waals surface area (Å²) in [7, 11) is 0. The van der Waals surface area contributed by atoms with Crippen molar-refractivity contribution in [3.8, 4) is 0 Å². The number of thiazole rings is 1. The van der Waals surface area contributed by atoms with Gasteiger partial charge < -0.3 is 20.6 Å². The first-order valence-corrected chi connectivity index (χ1v) is 21.7. The number of carbonyl (C=O) groups is 5. The number of fused-ring (bicyclic) bond motifs is 2. The minimum atomic E-state index is -4.69. The summed E-state index contributed by atoms with van der Waals surface area (Å²) in [4.78, 5) is 75.9. The summed E-state index contributed by atoms with van der Waals surface area (Å²) in [6.07, 6.45) is 2.70. The van der Waals surface area contributed by atoms with E-state index in [1.54, 1.807) is 44.2 Å². The summed E-state index contributed by atoms with van der Waals surface area (Å²) < 4.78 is 40.6. The molecule has 3 fully saturated rings. The number of anilines is 2. The number of nitrogens with one attached hydrogen (secondary N) is 3. The van der Waals surface area contributed by atoms with Crippen molar-refractivity contribution in [1.29, 1.82) is 0 Å². The minimum Gasteiger partial charge on any atom is -0.386 e. The number of pyridine rings is 1. The average molecular weight is 860 g/mol. The Morgan fingerprint density at radius 2 is 1.64 bits per heavy atom. The van der Waals surface area contributed by atoms with Crippen LogP contribution in [0.15, 0.2) is 48.5 Å². The van der Waals surface area contributed by atoms with Gasteiger partial charge >= 0.3 is 6.18 Å². The van der Waals surface area contributed by atoms with Crippen molar-refractivity contribution >= 4 is 62.5 Å². The molecule has 0 radical (unpaired) electrons. The topological polar surface area (TPSA) is 174 Å². The zero-order valence-electron chi connectivity index (χ0n) is 33.9. The largest absolute Gasteiger partial charge is 0.433 e.